The lowest BCUT2D eigenvalue weighted by atomic mass is 9.82. The van der Waals surface area contributed by atoms with E-state index in [9.17, 15) is 26.7 Å². The van der Waals surface area contributed by atoms with Crippen LogP contribution in [0.1, 0.15) is 91.9 Å². The van der Waals surface area contributed by atoms with E-state index in [4.69, 9.17) is 4.74 Å². The summed E-state index contributed by atoms with van der Waals surface area (Å²) < 4.78 is 77.0. The van der Waals surface area contributed by atoms with Crippen LogP contribution >= 0.6 is 0 Å². The first-order valence-corrected chi connectivity index (χ1v) is 12.2. The van der Waals surface area contributed by atoms with E-state index in [2.05, 4.69) is 30.8 Å². The largest absolute Gasteiger partial charge is 0.412 e. The molecule has 1 aromatic carbocycles. The number of carbonyl (C=O) groups is 1. The van der Waals surface area contributed by atoms with E-state index in [1.807, 2.05) is 6.92 Å². The van der Waals surface area contributed by atoms with Crippen LogP contribution in [-0.2, 0) is 4.74 Å². The Morgan fingerprint density at radius 2 is 1.29 bits per heavy atom. The molecular weight excluding hydrogens is 457 g/mol. The second-order valence-electron chi connectivity index (χ2n) is 9.00. The van der Waals surface area contributed by atoms with Crippen molar-refractivity contribution in [2.45, 2.75) is 97.5 Å². The lowest BCUT2D eigenvalue weighted by Crippen LogP contribution is -2.35. The molecular formula is C25H38F5NO3. The highest BCUT2D eigenvalue weighted by molar-refractivity contribution is 5.70. The average molecular weight is 496 g/mol. The van der Waals surface area contributed by atoms with Crippen LogP contribution in [0.3, 0.4) is 0 Å². The topological polar surface area (TPSA) is 47.6 Å². The van der Waals surface area contributed by atoms with Gasteiger partial charge in [0.2, 0.25) is 34.8 Å². The third-order valence-electron chi connectivity index (χ3n) is 6.02. The van der Waals surface area contributed by atoms with Crippen LogP contribution in [0.4, 0.5) is 26.7 Å². The van der Waals surface area contributed by atoms with Crippen molar-refractivity contribution in [1.29, 1.82) is 0 Å². The number of halogens is 5. The van der Waals surface area contributed by atoms with Crippen LogP contribution in [-0.4, -0.2) is 24.8 Å². The highest BCUT2D eigenvalue weighted by atomic mass is 19.2. The lowest BCUT2D eigenvalue weighted by Gasteiger charge is -2.34. The molecule has 0 aliphatic carbocycles. The maximum Gasteiger partial charge on any atom is 0.412 e. The zero-order valence-electron chi connectivity index (χ0n) is 20.7. The van der Waals surface area contributed by atoms with Crippen molar-refractivity contribution in [1.82, 2.24) is 5.32 Å². The van der Waals surface area contributed by atoms with Gasteiger partial charge >= 0.3 is 6.09 Å². The molecule has 0 saturated carbocycles. The average Bonchev–Trinajstić information content (AvgIpc) is 2.79. The van der Waals surface area contributed by atoms with Crippen molar-refractivity contribution in [3.8, 4) is 5.75 Å². The zero-order valence-corrected chi connectivity index (χ0v) is 20.7. The molecule has 0 radical (unpaired) electrons. The van der Waals surface area contributed by atoms with Crippen LogP contribution in [0.25, 0.3) is 0 Å². The Morgan fingerprint density at radius 3 is 1.85 bits per heavy atom. The van der Waals surface area contributed by atoms with Gasteiger partial charge < -0.3 is 14.8 Å². The predicted octanol–water partition coefficient (Wildman–Crippen LogP) is 7.82. The van der Waals surface area contributed by atoms with Gasteiger partial charge in [-0.2, -0.15) is 8.78 Å². The van der Waals surface area contributed by atoms with E-state index < -0.39 is 40.9 Å². The molecule has 4 nitrogen and oxygen atoms in total. The summed E-state index contributed by atoms with van der Waals surface area (Å²) in [7, 11) is 0. The first-order chi connectivity index (χ1) is 16.1. The molecule has 9 heteroatoms. The van der Waals surface area contributed by atoms with E-state index in [-0.39, 0.29) is 12.1 Å². The number of hydrogen-bond acceptors (Lipinski definition) is 3. The summed E-state index contributed by atoms with van der Waals surface area (Å²) in [6.45, 7) is 9.06. The Balaban J connectivity index is 2.50. The van der Waals surface area contributed by atoms with E-state index in [0.29, 0.717) is 18.9 Å². The molecule has 1 aromatic rings. The molecule has 0 aromatic heterocycles. The summed E-state index contributed by atoms with van der Waals surface area (Å²) in [5, 5.41) is 2.28. The van der Waals surface area contributed by atoms with Gasteiger partial charge in [-0.1, -0.05) is 51.9 Å². The standard InChI is InChI=1S/C25H38F5NO3/c1-5-7-8-9-10-11-14-17(25(3,4)33-6-2)15-12-13-16-31-24(32)34-23-21(29)19(27)18(26)20(28)22(23)30/h17H,5-16H2,1-4H3,(H,31,32). The van der Waals surface area contributed by atoms with Crippen molar-refractivity contribution < 1.29 is 36.2 Å². The molecule has 0 fully saturated rings. The highest BCUT2D eigenvalue weighted by Gasteiger charge is 2.30. The van der Waals surface area contributed by atoms with E-state index >= 15 is 0 Å². The van der Waals surface area contributed by atoms with Gasteiger partial charge in [0.1, 0.15) is 0 Å². The third kappa shape index (κ3) is 9.39. The van der Waals surface area contributed by atoms with Gasteiger partial charge in [0, 0.05) is 13.2 Å². The van der Waals surface area contributed by atoms with Gasteiger partial charge in [0.15, 0.2) is 0 Å². The number of rotatable bonds is 16. The fourth-order valence-electron chi connectivity index (χ4n) is 4.01. The van der Waals surface area contributed by atoms with Crippen molar-refractivity contribution in [3.63, 3.8) is 0 Å². The number of unbranched alkanes of at least 4 members (excludes halogenated alkanes) is 6. The summed E-state index contributed by atoms with van der Waals surface area (Å²) >= 11 is 0. The second-order valence-corrected chi connectivity index (χ2v) is 9.00. The predicted molar refractivity (Wildman–Crippen MR) is 121 cm³/mol. The minimum absolute atomic E-state index is 0.132. The zero-order chi connectivity index (χ0) is 25.7. The fourth-order valence-corrected chi connectivity index (χ4v) is 4.01. The molecule has 0 saturated heterocycles. The summed E-state index contributed by atoms with van der Waals surface area (Å²) in [5.74, 6) is -12.3. The van der Waals surface area contributed by atoms with Crippen molar-refractivity contribution in [2.75, 3.05) is 13.2 Å². The molecule has 0 bridgehead atoms. The van der Waals surface area contributed by atoms with Crippen molar-refractivity contribution in [2.24, 2.45) is 5.92 Å². The number of amides is 1. The number of ether oxygens (including phenoxy) is 2. The monoisotopic (exact) mass is 495 g/mol. The second kappa shape index (κ2) is 15.2. The Kier molecular flexibility index (Phi) is 13.4. The Bertz CT molecular complexity index is 744. The molecule has 34 heavy (non-hydrogen) atoms. The first kappa shape index (κ1) is 30.1. The molecule has 1 atom stereocenters. The van der Waals surface area contributed by atoms with E-state index in [0.717, 1.165) is 25.7 Å². The van der Waals surface area contributed by atoms with Crippen LogP contribution in [0.15, 0.2) is 0 Å². The van der Waals surface area contributed by atoms with Crippen LogP contribution in [0.5, 0.6) is 5.75 Å². The molecule has 1 rings (SSSR count). The SMILES string of the molecule is CCCCCCCCC(CCCCNC(=O)Oc1c(F)c(F)c(F)c(F)c1F)C(C)(C)OCC. The first-order valence-electron chi connectivity index (χ1n) is 12.2. The third-order valence-corrected chi connectivity index (χ3v) is 6.02. The molecule has 1 unspecified atom stereocenters. The Hall–Kier alpha value is -1.90. The maximum atomic E-state index is 13.6. The highest BCUT2D eigenvalue weighted by Crippen LogP contribution is 2.31. The number of benzene rings is 1. The van der Waals surface area contributed by atoms with Gasteiger partial charge in [-0.3, -0.25) is 0 Å². The molecule has 1 N–H and O–H groups in total. The summed E-state index contributed by atoms with van der Waals surface area (Å²) in [4.78, 5) is 11.8. The quantitative estimate of drug-likeness (QED) is 0.110. The van der Waals surface area contributed by atoms with Gasteiger partial charge in [-0.25, -0.2) is 18.0 Å². The molecule has 0 aliphatic heterocycles. The molecule has 1 amide bonds. The van der Waals surface area contributed by atoms with Gasteiger partial charge in [-0.15, -0.1) is 0 Å². The Labute approximate surface area is 199 Å². The van der Waals surface area contributed by atoms with Gasteiger partial charge in [0.05, 0.1) is 5.60 Å². The molecule has 196 valence electrons. The lowest BCUT2D eigenvalue weighted by molar-refractivity contribution is -0.0605. The van der Waals surface area contributed by atoms with E-state index in [1.165, 1.54) is 32.1 Å². The van der Waals surface area contributed by atoms with Crippen molar-refractivity contribution in [3.05, 3.63) is 29.1 Å². The van der Waals surface area contributed by atoms with Crippen molar-refractivity contribution >= 4 is 6.09 Å². The van der Waals surface area contributed by atoms with Gasteiger partial charge in [0.25, 0.3) is 0 Å². The smallest absolute Gasteiger partial charge is 0.404 e. The molecule has 0 spiro atoms. The number of carbonyl (C=O) groups excluding carboxylic acids is 1. The number of hydrogen-bond donors (Lipinski definition) is 1. The Morgan fingerprint density at radius 1 is 0.794 bits per heavy atom. The summed E-state index contributed by atoms with van der Waals surface area (Å²) in [6, 6.07) is 0. The van der Waals surface area contributed by atoms with Crippen LogP contribution < -0.4 is 10.1 Å². The van der Waals surface area contributed by atoms with Crippen LogP contribution in [0.2, 0.25) is 0 Å². The van der Waals surface area contributed by atoms with Gasteiger partial charge in [-0.05, 0) is 46.0 Å². The molecule has 0 heterocycles. The molecule has 0 aliphatic rings. The fraction of sp³-hybridized carbons (Fsp3) is 0.720. The van der Waals surface area contributed by atoms with E-state index in [1.54, 1.807) is 0 Å². The minimum Gasteiger partial charge on any atom is -0.404 e. The minimum atomic E-state index is -2.31. The number of nitrogens with one attached hydrogen (secondary N) is 1. The van der Waals surface area contributed by atoms with Crippen LogP contribution in [0, 0.1) is 35.0 Å². The summed E-state index contributed by atoms with van der Waals surface area (Å²) in [6.07, 6.45) is 9.19. The normalized spacial score (nSPS) is 12.6. The maximum absolute atomic E-state index is 13.6. The summed E-state index contributed by atoms with van der Waals surface area (Å²) in [5.41, 5.74) is -0.281.